The lowest BCUT2D eigenvalue weighted by Gasteiger charge is -2.13. The van der Waals surface area contributed by atoms with Crippen molar-refractivity contribution in [3.05, 3.63) is 66.6 Å². The molecule has 0 bridgehead atoms. The predicted octanol–water partition coefficient (Wildman–Crippen LogP) is 3.10. The minimum absolute atomic E-state index is 0.460. The molecule has 0 saturated carbocycles. The van der Waals surface area contributed by atoms with Crippen LogP contribution in [0.15, 0.2) is 61.1 Å². The van der Waals surface area contributed by atoms with Gasteiger partial charge in [0.2, 0.25) is 0 Å². The number of nitrogens with two attached hydrogens (primary N) is 1. The number of nitrogens with zero attached hydrogens (tertiary/aromatic N) is 4. The smallest absolute Gasteiger partial charge is 0.183 e. The highest BCUT2D eigenvalue weighted by molar-refractivity contribution is 5.79. The maximum absolute atomic E-state index is 5.59. The van der Waals surface area contributed by atoms with Gasteiger partial charge in [-0.1, -0.05) is 12.1 Å². The molecule has 0 spiro atoms. The van der Waals surface area contributed by atoms with E-state index in [2.05, 4.69) is 47.4 Å². The van der Waals surface area contributed by atoms with Gasteiger partial charge in [-0.25, -0.2) is 20.8 Å². The van der Waals surface area contributed by atoms with E-state index in [0.717, 1.165) is 28.0 Å². The molecule has 4 rings (SSSR count). The lowest BCUT2D eigenvalue weighted by molar-refractivity contribution is 1.08. The molecule has 9 heteroatoms. The zero-order chi connectivity index (χ0) is 20.1. The average molecular weight is 387 g/mol. The predicted molar refractivity (Wildman–Crippen MR) is 116 cm³/mol. The Kier molecular flexibility index (Phi) is 5.30. The van der Waals surface area contributed by atoms with Crippen LogP contribution >= 0.6 is 0 Å². The Morgan fingerprint density at radius 3 is 2.66 bits per heavy atom. The molecular formula is C20H21N9. The van der Waals surface area contributed by atoms with Gasteiger partial charge in [0.1, 0.15) is 5.82 Å². The van der Waals surface area contributed by atoms with Gasteiger partial charge >= 0.3 is 0 Å². The molecule has 0 aliphatic rings. The van der Waals surface area contributed by atoms with Crippen LogP contribution in [0.25, 0.3) is 10.9 Å². The summed E-state index contributed by atoms with van der Waals surface area (Å²) in [6.45, 7) is 0.566. The third-order valence-corrected chi connectivity index (χ3v) is 4.33. The summed E-state index contributed by atoms with van der Waals surface area (Å²) in [5.41, 5.74) is 5.44. The molecule has 0 fully saturated rings. The first-order valence-corrected chi connectivity index (χ1v) is 9.07. The standard InChI is InChI=1S/C20H21N9/c1-22-17-7-5-15(11-24-17)27-18-12-26-20(29-21)19(28-18)25-10-13-4-6-16-14(9-13)3-2-8-23-16/h2-9,11-12H,10,21H2,1H3,(H,22,24)(H,26,29)(H2,25,27,28). The van der Waals surface area contributed by atoms with Crippen molar-refractivity contribution in [2.75, 3.05) is 28.4 Å². The van der Waals surface area contributed by atoms with Crippen LogP contribution in [0.3, 0.4) is 0 Å². The van der Waals surface area contributed by atoms with Crippen molar-refractivity contribution >= 4 is 39.9 Å². The highest BCUT2D eigenvalue weighted by Crippen LogP contribution is 2.22. The SMILES string of the molecule is CNc1ccc(Nc2cnc(NN)c(NCc3ccc4ncccc4c3)n2)cn1. The molecule has 29 heavy (non-hydrogen) atoms. The van der Waals surface area contributed by atoms with Gasteiger partial charge in [-0.05, 0) is 35.9 Å². The van der Waals surface area contributed by atoms with Gasteiger partial charge in [0, 0.05) is 25.2 Å². The molecule has 0 atom stereocenters. The van der Waals surface area contributed by atoms with Crippen LogP contribution in [-0.2, 0) is 6.54 Å². The number of hydrogen-bond donors (Lipinski definition) is 5. The van der Waals surface area contributed by atoms with E-state index >= 15 is 0 Å². The number of nitrogen functional groups attached to an aromatic ring is 1. The number of rotatable bonds is 7. The van der Waals surface area contributed by atoms with Crippen molar-refractivity contribution in [1.82, 2.24) is 19.9 Å². The highest BCUT2D eigenvalue weighted by Gasteiger charge is 2.08. The van der Waals surface area contributed by atoms with Gasteiger partial charge in [0.25, 0.3) is 0 Å². The molecule has 6 N–H and O–H groups in total. The van der Waals surface area contributed by atoms with Gasteiger partial charge in [-0.2, -0.15) is 0 Å². The van der Waals surface area contributed by atoms with Crippen LogP contribution in [0.4, 0.5) is 29.0 Å². The summed E-state index contributed by atoms with van der Waals surface area (Å²) in [7, 11) is 1.82. The largest absolute Gasteiger partial charge is 0.373 e. The quantitative estimate of drug-likeness (QED) is 0.240. The maximum Gasteiger partial charge on any atom is 0.183 e. The van der Waals surface area contributed by atoms with Crippen LogP contribution in [0.5, 0.6) is 0 Å². The zero-order valence-corrected chi connectivity index (χ0v) is 15.8. The summed E-state index contributed by atoms with van der Waals surface area (Å²) in [6, 6.07) is 13.9. The van der Waals surface area contributed by atoms with Crippen LogP contribution < -0.4 is 27.2 Å². The van der Waals surface area contributed by atoms with Crippen molar-refractivity contribution in [1.29, 1.82) is 0 Å². The van der Waals surface area contributed by atoms with E-state index in [-0.39, 0.29) is 0 Å². The summed E-state index contributed by atoms with van der Waals surface area (Å²) in [5.74, 6) is 7.96. The number of nitrogens with one attached hydrogen (secondary N) is 4. The van der Waals surface area contributed by atoms with E-state index in [0.29, 0.717) is 24.0 Å². The Bertz CT molecular complexity index is 1110. The third kappa shape index (κ3) is 4.30. The van der Waals surface area contributed by atoms with Gasteiger partial charge in [-0.15, -0.1) is 0 Å². The Labute approximate surface area is 167 Å². The average Bonchev–Trinajstić information content (AvgIpc) is 2.78. The summed E-state index contributed by atoms with van der Waals surface area (Å²) in [5, 5.41) is 10.5. The van der Waals surface area contributed by atoms with E-state index in [1.54, 1.807) is 18.6 Å². The van der Waals surface area contributed by atoms with Gasteiger partial charge < -0.3 is 21.4 Å². The molecule has 9 nitrogen and oxygen atoms in total. The van der Waals surface area contributed by atoms with Crippen LogP contribution in [0.2, 0.25) is 0 Å². The first-order chi connectivity index (χ1) is 14.2. The number of pyridine rings is 2. The maximum atomic E-state index is 5.59. The topological polar surface area (TPSA) is 126 Å². The number of hydrogen-bond acceptors (Lipinski definition) is 9. The Morgan fingerprint density at radius 2 is 1.86 bits per heavy atom. The fourth-order valence-corrected chi connectivity index (χ4v) is 2.86. The van der Waals surface area contributed by atoms with Crippen molar-refractivity contribution in [2.24, 2.45) is 5.84 Å². The van der Waals surface area contributed by atoms with E-state index in [4.69, 9.17) is 5.84 Å². The summed E-state index contributed by atoms with van der Waals surface area (Å²) in [4.78, 5) is 17.5. The molecule has 3 aromatic heterocycles. The molecule has 0 saturated heterocycles. The Balaban J connectivity index is 1.51. The lowest BCUT2D eigenvalue weighted by atomic mass is 10.1. The minimum atomic E-state index is 0.460. The molecule has 0 aliphatic heterocycles. The third-order valence-electron chi connectivity index (χ3n) is 4.33. The second-order valence-electron chi connectivity index (χ2n) is 6.29. The molecule has 0 amide bonds. The zero-order valence-electron chi connectivity index (χ0n) is 15.8. The van der Waals surface area contributed by atoms with Crippen molar-refractivity contribution in [3.63, 3.8) is 0 Å². The monoisotopic (exact) mass is 387 g/mol. The molecule has 0 radical (unpaired) electrons. The first-order valence-electron chi connectivity index (χ1n) is 9.07. The normalized spacial score (nSPS) is 10.6. The number of fused-ring (bicyclic) bond motifs is 1. The molecule has 0 unspecified atom stereocenters. The molecule has 146 valence electrons. The second kappa shape index (κ2) is 8.36. The summed E-state index contributed by atoms with van der Waals surface area (Å²) >= 11 is 0. The van der Waals surface area contributed by atoms with Crippen molar-refractivity contribution in [2.45, 2.75) is 6.54 Å². The lowest BCUT2D eigenvalue weighted by Crippen LogP contribution is -2.14. The van der Waals surface area contributed by atoms with E-state index < -0.39 is 0 Å². The minimum Gasteiger partial charge on any atom is -0.373 e. The van der Waals surface area contributed by atoms with Crippen LogP contribution in [-0.4, -0.2) is 27.0 Å². The Hall–Kier alpha value is -3.98. The van der Waals surface area contributed by atoms with E-state index in [1.807, 2.05) is 43.4 Å². The fraction of sp³-hybridized carbons (Fsp3) is 0.100. The first kappa shape index (κ1) is 18.4. The van der Waals surface area contributed by atoms with Crippen LogP contribution in [0, 0.1) is 0 Å². The summed E-state index contributed by atoms with van der Waals surface area (Å²) in [6.07, 6.45) is 5.11. The van der Waals surface area contributed by atoms with Crippen molar-refractivity contribution in [3.8, 4) is 0 Å². The Morgan fingerprint density at radius 1 is 0.931 bits per heavy atom. The number of anilines is 5. The number of hydrazine groups is 1. The number of aromatic nitrogens is 4. The second-order valence-corrected chi connectivity index (χ2v) is 6.29. The molecule has 4 aromatic rings. The fourth-order valence-electron chi connectivity index (χ4n) is 2.86. The highest BCUT2D eigenvalue weighted by atomic mass is 15.3. The molecular weight excluding hydrogens is 366 g/mol. The van der Waals surface area contributed by atoms with Crippen molar-refractivity contribution < 1.29 is 0 Å². The van der Waals surface area contributed by atoms with Gasteiger partial charge in [0.15, 0.2) is 17.5 Å². The van der Waals surface area contributed by atoms with E-state index in [1.165, 1.54) is 0 Å². The molecule has 1 aromatic carbocycles. The van der Waals surface area contributed by atoms with E-state index in [9.17, 15) is 0 Å². The molecule has 3 heterocycles. The van der Waals surface area contributed by atoms with Gasteiger partial charge in [0.05, 0.1) is 23.6 Å². The number of benzene rings is 1. The van der Waals surface area contributed by atoms with Crippen LogP contribution in [0.1, 0.15) is 5.56 Å². The summed E-state index contributed by atoms with van der Waals surface area (Å²) < 4.78 is 0. The molecule has 0 aliphatic carbocycles. The van der Waals surface area contributed by atoms with Gasteiger partial charge in [-0.3, -0.25) is 4.98 Å².